The first-order valence-electron chi connectivity index (χ1n) is 7.87. The molecule has 2 heterocycles. The molecule has 0 aromatic rings. The number of hydrogen-bond donors (Lipinski definition) is 4. The van der Waals surface area contributed by atoms with Crippen LogP contribution in [0.5, 0.6) is 0 Å². The van der Waals surface area contributed by atoms with E-state index in [2.05, 4.69) is 9.76 Å². The highest BCUT2D eigenvalue weighted by Gasteiger charge is 2.49. The molecule has 0 unspecified atom stereocenters. The Morgan fingerprint density at radius 1 is 1.44 bits per heavy atom. The summed E-state index contributed by atoms with van der Waals surface area (Å²) < 4.78 is 34.7. The maximum atomic E-state index is 12.2. The van der Waals surface area contributed by atoms with E-state index in [1.807, 2.05) is 0 Å². The number of carbonyl (C=O) groups is 2. The first kappa shape index (κ1) is 19.8. The Kier molecular flexibility index (Phi) is 6.53. The quantitative estimate of drug-likeness (QED) is 0.262. The van der Waals surface area contributed by atoms with Crippen molar-refractivity contribution in [1.82, 2.24) is 15.4 Å². The van der Waals surface area contributed by atoms with Gasteiger partial charge >= 0.3 is 16.4 Å². The second-order valence-corrected chi connectivity index (χ2v) is 6.98. The highest BCUT2D eigenvalue weighted by atomic mass is 32.3. The van der Waals surface area contributed by atoms with Gasteiger partial charge in [0.2, 0.25) is 0 Å². The van der Waals surface area contributed by atoms with Crippen molar-refractivity contribution in [3.05, 3.63) is 0 Å². The number of nitrogens with one attached hydrogen (secondary N) is 1. The molecule has 6 N–H and O–H groups in total. The molecule has 2 aliphatic heterocycles. The van der Waals surface area contributed by atoms with E-state index in [0.29, 0.717) is 30.9 Å². The van der Waals surface area contributed by atoms with Crippen LogP contribution in [0.3, 0.4) is 0 Å². The molecule has 2 aliphatic rings. The number of piperidine rings is 1. The number of nitrogens with zero attached hydrogens (tertiary/aromatic N) is 2. The molecule has 0 radical (unpaired) electrons. The van der Waals surface area contributed by atoms with Crippen LogP contribution in [0, 0.1) is 0 Å². The van der Waals surface area contributed by atoms with Crippen LogP contribution in [0.1, 0.15) is 25.7 Å². The van der Waals surface area contributed by atoms with Gasteiger partial charge in [-0.3, -0.25) is 14.2 Å². The van der Waals surface area contributed by atoms with Crippen molar-refractivity contribution in [2.75, 3.05) is 19.7 Å². The molecular weight excluding hydrogens is 358 g/mol. The van der Waals surface area contributed by atoms with Crippen molar-refractivity contribution < 1.29 is 31.7 Å². The fourth-order valence-corrected chi connectivity index (χ4v) is 3.24. The van der Waals surface area contributed by atoms with Crippen LogP contribution in [-0.4, -0.2) is 72.7 Å². The van der Waals surface area contributed by atoms with Gasteiger partial charge in [0.1, 0.15) is 6.04 Å². The van der Waals surface area contributed by atoms with Crippen molar-refractivity contribution >= 4 is 22.3 Å². The third-order valence-corrected chi connectivity index (χ3v) is 4.40. The zero-order valence-corrected chi connectivity index (χ0v) is 14.4. The van der Waals surface area contributed by atoms with E-state index in [1.165, 1.54) is 4.90 Å². The minimum Gasteiger partial charge on any atom is -0.330 e. The standard InChI is InChI=1S/C12H23N5O7S/c13-5-1-2-8(14)7-23-15-11(18)10-4-3-9-6-16(10)12(19)17(9)24-25(20,21)22/h8-10H,1-7,13-14H2,(H,15,18)(H,20,21,22)/t8-,9+,10-/m0/s1. The molecule has 2 bridgehead atoms. The number of amides is 3. The van der Waals surface area contributed by atoms with Crippen LogP contribution in [0.15, 0.2) is 0 Å². The van der Waals surface area contributed by atoms with E-state index in [1.54, 1.807) is 0 Å². The maximum Gasteiger partial charge on any atom is 0.418 e. The molecule has 13 heteroatoms. The van der Waals surface area contributed by atoms with Crippen molar-refractivity contribution in [2.45, 2.75) is 43.8 Å². The normalized spacial score (nSPS) is 24.5. The molecule has 3 amide bonds. The topological polar surface area (TPSA) is 178 Å². The molecule has 2 fully saturated rings. The van der Waals surface area contributed by atoms with Crippen LogP contribution < -0.4 is 16.9 Å². The first-order chi connectivity index (χ1) is 11.7. The molecule has 0 aliphatic carbocycles. The van der Waals surface area contributed by atoms with Gasteiger partial charge in [-0.2, -0.15) is 13.5 Å². The molecule has 0 aromatic carbocycles. The summed E-state index contributed by atoms with van der Waals surface area (Å²) in [5.74, 6) is -0.536. The molecular formula is C12H23N5O7S. The Balaban J connectivity index is 1.85. The van der Waals surface area contributed by atoms with Crippen LogP contribution in [-0.2, 0) is 24.3 Å². The van der Waals surface area contributed by atoms with E-state index in [4.69, 9.17) is 20.9 Å². The molecule has 12 nitrogen and oxygen atoms in total. The summed E-state index contributed by atoms with van der Waals surface area (Å²) in [5.41, 5.74) is 13.4. The average molecular weight is 381 g/mol. The number of carbonyl (C=O) groups excluding carboxylic acids is 2. The maximum absolute atomic E-state index is 12.2. The smallest absolute Gasteiger partial charge is 0.330 e. The number of urea groups is 1. The Morgan fingerprint density at radius 3 is 2.80 bits per heavy atom. The lowest BCUT2D eigenvalue weighted by Gasteiger charge is -2.29. The third kappa shape index (κ3) is 5.23. The van der Waals surface area contributed by atoms with Gasteiger partial charge in [-0.1, -0.05) is 0 Å². The lowest BCUT2D eigenvalue weighted by molar-refractivity contribution is -0.139. The summed E-state index contributed by atoms with van der Waals surface area (Å²) in [4.78, 5) is 30.6. The first-order valence-corrected chi connectivity index (χ1v) is 9.23. The molecule has 2 saturated heterocycles. The number of hydrogen-bond acceptors (Lipinski definition) is 8. The molecule has 2 rings (SSSR count). The molecule has 0 saturated carbocycles. The van der Waals surface area contributed by atoms with E-state index in [0.717, 1.165) is 6.42 Å². The van der Waals surface area contributed by atoms with Crippen LogP contribution in [0.4, 0.5) is 4.79 Å². The summed E-state index contributed by atoms with van der Waals surface area (Å²) in [5, 5.41) is 0.576. The van der Waals surface area contributed by atoms with Gasteiger partial charge in [0.25, 0.3) is 5.91 Å². The van der Waals surface area contributed by atoms with Crippen molar-refractivity contribution in [3.63, 3.8) is 0 Å². The Hall–Kier alpha value is -1.51. The van der Waals surface area contributed by atoms with E-state index >= 15 is 0 Å². The van der Waals surface area contributed by atoms with Gasteiger partial charge in [-0.05, 0) is 32.2 Å². The van der Waals surface area contributed by atoms with Crippen molar-refractivity contribution in [3.8, 4) is 0 Å². The second-order valence-electron chi connectivity index (χ2n) is 5.98. The third-order valence-electron chi connectivity index (χ3n) is 4.05. The summed E-state index contributed by atoms with van der Waals surface area (Å²) >= 11 is 0. The van der Waals surface area contributed by atoms with Crippen LogP contribution in [0.25, 0.3) is 0 Å². The highest BCUT2D eigenvalue weighted by Crippen LogP contribution is 2.30. The molecule has 0 aromatic heterocycles. The number of rotatable bonds is 9. The molecule has 25 heavy (non-hydrogen) atoms. The predicted octanol–water partition coefficient (Wildman–Crippen LogP) is -1.90. The monoisotopic (exact) mass is 381 g/mol. The predicted molar refractivity (Wildman–Crippen MR) is 83.7 cm³/mol. The summed E-state index contributed by atoms with van der Waals surface area (Å²) in [6.07, 6.45) is 2.04. The number of nitrogens with two attached hydrogens (primary N) is 2. The average Bonchev–Trinajstić information content (AvgIpc) is 2.76. The van der Waals surface area contributed by atoms with Crippen molar-refractivity contribution in [1.29, 1.82) is 0 Å². The Labute approximate surface area is 145 Å². The highest BCUT2D eigenvalue weighted by molar-refractivity contribution is 7.80. The molecule has 0 spiro atoms. The summed E-state index contributed by atoms with van der Waals surface area (Å²) in [6, 6.07) is -2.45. The Morgan fingerprint density at radius 2 is 2.16 bits per heavy atom. The van der Waals surface area contributed by atoms with Crippen LogP contribution in [0.2, 0.25) is 0 Å². The molecule has 3 atom stereocenters. The lowest BCUT2D eigenvalue weighted by Crippen LogP contribution is -2.50. The van der Waals surface area contributed by atoms with Gasteiger partial charge in [-0.25, -0.2) is 10.3 Å². The second kappa shape index (κ2) is 8.25. The Bertz CT molecular complexity index is 601. The number of fused-ring (bicyclic) bond motifs is 2. The van der Waals surface area contributed by atoms with Crippen molar-refractivity contribution in [2.24, 2.45) is 11.5 Å². The summed E-state index contributed by atoms with van der Waals surface area (Å²) in [7, 11) is -4.82. The lowest BCUT2D eigenvalue weighted by atomic mass is 10.0. The number of hydroxylamine groups is 3. The zero-order chi connectivity index (χ0) is 18.6. The van der Waals surface area contributed by atoms with Gasteiger partial charge in [0.05, 0.1) is 12.6 Å². The van der Waals surface area contributed by atoms with Gasteiger partial charge < -0.3 is 16.4 Å². The molecule has 144 valence electrons. The van der Waals surface area contributed by atoms with E-state index in [9.17, 15) is 18.0 Å². The van der Waals surface area contributed by atoms with Crippen LogP contribution >= 0.6 is 0 Å². The SMILES string of the molecule is NCCC[C@H](N)CONC(=O)[C@@H]1CC[C@@H]2CN1C(=O)N2OS(=O)(=O)O. The fraction of sp³-hybridized carbons (Fsp3) is 0.833. The largest absolute Gasteiger partial charge is 0.418 e. The van der Waals surface area contributed by atoms with E-state index in [-0.39, 0.29) is 19.2 Å². The fourth-order valence-electron chi connectivity index (χ4n) is 2.86. The summed E-state index contributed by atoms with van der Waals surface area (Å²) in [6.45, 7) is 0.734. The van der Waals surface area contributed by atoms with Gasteiger partial charge in [0, 0.05) is 12.6 Å². The van der Waals surface area contributed by atoms with E-state index < -0.39 is 34.4 Å². The van der Waals surface area contributed by atoms with Gasteiger partial charge in [-0.15, -0.1) is 4.28 Å². The van der Waals surface area contributed by atoms with Gasteiger partial charge in [0.15, 0.2) is 0 Å². The minimum absolute atomic E-state index is 0.104. The zero-order valence-electron chi connectivity index (χ0n) is 13.5. The minimum atomic E-state index is -4.82.